The fourth-order valence-electron chi connectivity index (χ4n) is 3.94. The van der Waals surface area contributed by atoms with Gasteiger partial charge in [-0.2, -0.15) is 0 Å². The second-order valence-electron chi connectivity index (χ2n) is 7.94. The number of aryl methyl sites for hydroxylation is 1. The zero-order valence-corrected chi connectivity index (χ0v) is 18.6. The third kappa shape index (κ3) is 5.30. The van der Waals surface area contributed by atoms with Crippen molar-refractivity contribution in [1.82, 2.24) is 19.9 Å². The second-order valence-corrected chi connectivity index (χ2v) is 8.88. The minimum atomic E-state index is -0.948. The summed E-state index contributed by atoms with van der Waals surface area (Å²) in [7, 11) is 0. The number of rotatable bonds is 6. The van der Waals surface area contributed by atoms with Crippen LogP contribution in [0.1, 0.15) is 41.1 Å². The molecule has 1 amide bonds. The molecular formula is C24H24F2N4OS. The summed E-state index contributed by atoms with van der Waals surface area (Å²) in [5, 5.41) is 0.694. The van der Waals surface area contributed by atoms with Crippen molar-refractivity contribution in [1.29, 1.82) is 0 Å². The number of hydrogen-bond donors (Lipinski definition) is 0. The largest absolute Gasteiger partial charge is 0.342 e. The van der Waals surface area contributed by atoms with E-state index >= 15 is 0 Å². The number of likely N-dealkylation sites (tertiary alicyclic amines) is 1. The molecule has 0 radical (unpaired) electrons. The molecule has 1 aliphatic heterocycles. The standard InChI is InChI=1S/C24H24F2N4OS/c1-16-12-28-24(32-15-17-5-3-9-27-13-17)29-23(16)19-7-4-10-30(14-19)21(31)11-18-6-2-8-20(25)22(18)26/h2-3,5-6,8-9,12-13,19H,4,7,10-11,14-15H2,1H3/t19-/m0/s1. The average Bonchev–Trinajstić information content (AvgIpc) is 2.82. The molecule has 1 atom stereocenters. The summed E-state index contributed by atoms with van der Waals surface area (Å²) >= 11 is 1.55. The number of carbonyl (C=O) groups excluding carboxylic acids is 1. The molecule has 5 nitrogen and oxygen atoms in total. The lowest BCUT2D eigenvalue weighted by atomic mass is 9.92. The summed E-state index contributed by atoms with van der Waals surface area (Å²) in [6.45, 7) is 3.10. The Kier molecular flexibility index (Phi) is 7.09. The number of nitrogens with zero attached hydrogens (tertiary/aromatic N) is 4. The zero-order valence-electron chi connectivity index (χ0n) is 17.8. The minimum Gasteiger partial charge on any atom is -0.342 e. The molecule has 2 aromatic heterocycles. The van der Waals surface area contributed by atoms with E-state index in [1.54, 1.807) is 22.9 Å². The van der Waals surface area contributed by atoms with Gasteiger partial charge in [-0.15, -0.1) is 0 Å². The van der Waals surface area contributed by atoms with Gasteiger partial charge >= 0.3 is 0 Å². The molecule has 0 aliphatic carbocycles. The van der Waals surface area contributed by atoms with Gasteiger partial charge in [0.2, 0.25) is 5.91 Å². The number of aromatic nitrogens is 3. The third-order valence-electron chi connectivity index (χ3n) is 5.61. The molecule has 1 aliphatic rings. The molecule has 3 heterocycles. The van der Waals surface area contributed by atoms with Crippen molar-refractivity contribution in [2.75, 3.05) is 13.1 Å². The van der Waals surface area contributed by atoms with Crippen LogP contribution in [-0.4, -0.2) is 38.8 Å². The highest BCUT2D eigenvalue weighted by atomic mass is 32.2. The van der Waals surface area contributed by atoms with Crippen molar-refractivity contribution in [3.63, 3.8) is 0 Å². The molecule has 0 N–H and O–H groups in total. The van der Waals surface area contributed by atoms with Crippen molar-refractivity contribution in [2.24, 2.45) is 0 Å². The minimum absolute atomic E-state index is 0.0874. The molecule has 0 spiro atoms. The Bertz CT molecular complexity index is 1100. The number of hydrogen-bond acceptors (Lipinski definition) is 5. The van der Waals surface area contributed by atoms with Gasteiger partial charge in [0.05, 0.1) is 12.1 Å². The number of halogens is 2. The predicted molar refractivity (Wildman–Crippen MR) is 119 cm³/mol. The van der Waals surface area contributed by atoms with E-state index < -0.39 is 11.6 Å². The Morgan fingerprint density at radius 3 is 2.91 bits per heavy atom. The van der Waals surface area contributed by atoms with E-state index in [0.29, 0.717) is 18.2 Å². The van der Waals surface area contributed by atoms with Crippen molar-refractivity contribution in [3.05, 3.63) is 82.9 Å². The lowest BCUT2D eigenvalue weighted by molar-refractivity contribution is -0.131. The maximum Gasteiger partial charge on any atom is 0.227 e. The van der Waals surface area contributed by atoms with Gasteiger partial charge in [0.1, 0.15) is 0 Å². The van der Waals surface area contributed by atoms with Gasteiger partial charge in [0.25, 0.3) is 0 Å². The summed E-state index contributed by atoms with van der Waals surface area (Å²) < 4.78 is 27.5. The quantitative estimate of drug-likeness (QED) is 0.399. The fraction of sp³-hybridized carbons (Fsp3) is 0.333. The number of piperidine rings is 1. The first-order valence-corrected chi connectivity index (χ1v) is 11.6. The Hall–Kier alpha value is -2.87. The lowest BCUT2D eigenvalue weighted by Crippen LogP contribution is -2.40. The number of carbonyl (C=O) groups is 1. The summed E-state index contributed by atoms with van der Waals surface area (Å²) in [4.78, 5) is 27.9. The van der Waals surface area contributed by atoms with Crippen LogP contribution in [0.15, 0.2) is 54.1 Å². The number of pyridine rings is 1. The van der Waals surface area contributed by atoms with Crippen LogP contribution in [0.5, 0.6) is 0 Å². The van der Waals surface area contributed by atoms with Crippen LogP contribution in [-0.2, 0) is 17.0 Å². The smallest absolute Gasteiger partial charge is 0.227 e. The maximum atomic E-state index is 14.0. The molecule has 1 saturated heterocycles. The molecule has 0 unspecified atom stereocenters. The Morgan fingerprint density at radius 1 is 1.22 bits per heavy atom. The van der Waals surface area contributed by atoms with Crippen LogP contribution in [0.2, 0.25) is 0 Å². The molecule has 1 fully saturated rings. The average molecular weight is 455 g/mol. The highest BCUT2D eigenvalue weighted by molar-refractivity contribution is 7.98. The number of benzene rings is 1. The molecule has 8 heteroatoms. The fourth-order valence-corrected chi connectivity index (χ4v) is 4.70. The van der Waals surface area contributed by atoms with E-state index in [2.05, 4.69) is 9.97 Å². The van der Waals surface area contributed by atoms with Gasteiger partial charge in [-0.1, -0.05) is 30.0 Å². The zero-order chi connectivity index (χ0) is 22.5. The first kappa shape index (κ1) is 22.3. The lowest BCUT2D eigenvalue weighted by Gasteiger charge is -2.33. The van der Waals surface area contributed by atoms with Gasteiger partial charge in [0.15, 0.2) is 16.8 Å². The first-order valence-electron chi connectivity index (χ1n) is 10.6. The van der Waals surface area contributed by atoms with Gasteiger partial charge in [-0.25, -0.2) is 18.7 Å². The number of amides is 1. The molecule has 32 heavy (non-hydrogen) atoms. The summed E-state index contributed by atoms with van der Waals surface area (Å²) in [5.74, 6) is -1.26. The van der Waals surface area contributed by atoms with E-state index in [-0.39, 0.29) is 23.8 Å². The van der Waals surface area contributed by atoms with Gasteiger partial charge in [0, 0.05) is 48.9 Å². The van der Waals surface area contributed by atoms with Crippen LogP contribution in [0, 0.1) is 18.6 Å². The van der Waals surface area contributed by atoms with E-state index in [0.717, 1.165) is 41.5 Å². The van der Waals surface area contributed by atoms with Crippen LogP contribution < -0.4 is 0 Å². The normalized spacial score (nSPS) is 16.2. The van der Waals surface area contributed by atoms with Crippen LogP contribution in [0.25, 0.3) is 0 Å². The third-order valence-corrected chi connectivity index (χ3v) is 6.55. The molecule has 3 aromatic rings. The molecule has 0 saturated carbocycles. The highest BCUT2D eigenvalue weighted by Crippen LogP contribution is 2.30. The first-order chi connectivity index (χ1) is 15.5. The van der Waals surface area contributed by atoms with Crippen molar-refractivity contribution >= 4 is 17.7 Å². The molecule has 1 aromatic carbocycles. The molecule has 0 bridgehead atoms. The van der Waals surface area contributed by atoms with E-state index in [1.807, 2.05) is 31.5 Å². The Balaban J connectivity index is 1.44. The summed E-state index contributed by atoms with van der Waals surface area (Å²) in [6.07, 6.45) is 7.01. The Morgan fingerprint density at radius 2 is 2.09 bits per heavy atom. The van der Waals surface area contributed by atoms with E-state index in [1.165, 1.54) is 12.1 Å². The molecule has 4 rings (SSSR count). The monoisotopic (exact) mass is 454 g/mol. The van der Waals surface area contributed by atoms with Gasteiger partial charge in [-0.05, 0) is 43.0 Å². The van der Waals surface area contributed by atoms with E-state index in [9.17, 15) is 13.6 Å². The maximum absolute atomic E-state index is 14.0. The Labute approximate surface area is 190 Å². The van der Waals surface area contributed by atoms with Crippen LogP contribution in [0.4, 0.5) is 8.78 Å². The highest BCUT2D eigenvalue weighted by Gasteiger charge is 2.27. The SMILES string of the molecule is Cc1cnc(SCc2cccnc2)nc1[C@H]1CCCN(C(=O)Cc2cccc(F)c2F)C1. The molecular weight excluding hydrogens is 430 g/mol. The summed E-state index contributed by atoms with van der Waals surface area (Å²) in [6, 6.07) is 7.86. The van der Waals surface area contributed by atoms with E-state index in [4.69, 9.17) is 4.98 Å². The second kappa shape index (κ2) is 10.2. The summed E-state index contributed by atoms with van der Waals surface area (Å²) in [5.41, 5.74) is 3.13. The van der Waals surface area contributed by atoms with Crippen molar-refractivity contribution in [3.8, 4) is 0 Å². The van der Waals surface area contributed by atoms with Crippen molar-refractivity contribution in [2.45, 2.75) is 43.0 Å². The van der Waals surface area contributed by atoms with Crippen molar-refractivity contribution < 1.29 is 13.6 Å². The van der Waals surface area contributed by atoms with Crippen LogP contribution in [0.3, 0.4) is 0 Å². The van der Waals surface area contributed by atoms with Gasteiger partial charge in [-0.3, -0.25) is 9.78 Å². The van der Waals surface area contributed by atoms with Gasteiger partial charge < -0.3 is 4.90 Å². The predicted octanol–water partition coefficient (Wildman–Crippen LogP) is 4.70. The number of thioether (sulfide) groups is 1. The van der Waals surface area contributed by atoms with Crippen LogP contribution >= 0.6 is 11.8 Å². The topological polar surface area (TPSA) is 59.0 Å². The molecule has 166 valence electrons.